The Labute approximate surface area is 546 Å². The van der Waals surface area contributed by atoms with Gasteiger partial charge in [0, 0.05) is 83.7 Å². The predicted molar refractivity (Wildman–Crippen MR) is 391 cm³/mol. The predicted octanol–water partition coefficient (Wildman–Crippen LogP) is 18.9. The molecule has 0 spiro atoms. The van der Waals surface area contributed by atoms with Crippen LogP contribution in [0, 0.1) is 5.82 Å². The Morgan fingerprint density at radius 1 is 0.247 bits per heavy atom. The Kier molecular flexibility index (Phi) is 13.1. The molecular formula is C84H56B2FN5S. The summed E-state index contributed by atoms with van der Waals surface area (Å²) in [6, 6.07) is 122. The molecule has 0 saturated heterocycles. The van der Waals surface area contributed by atoms with E-state index in [0.29, 0.717) is 5.69 Å². The van der Waals surface area contributed by atoms with Crippen molar-refractivity contribution in [3.05, 3.63) is 346 Å². The fourth-order valence-corrected chi connectivity index (χ4v) is 16.1. The van der Waals surface area contributed by atoms with E-state index in [-0.39, 0.29) is 19.2 Å². The maximum absolute atomic E-state index is 17.6. The molecule has 5 nitrogen and oxygen atoms in total. The summed E-state index contributed by atoms with van der Waals surface area (Å²) in [6.07, 6.45) is 0. The van der Waals surface area contributed by atoms with Gasteiger partial charge in [0.05, 0.1) is 11.4 Å². The lowest BCUT2D eigenvalue weighted by Crippen LogP contribution is -2.64. The van der Waals surface area contributed by atoms with Crippen LogP contribution < -0.4 is 57.3 Å². The SMILES string of the molecule is Fc1ccccc1N1c2cc3c(cc2B2c4ccccc4N(c4ccccc4)c4cc(N(c5ccccc5)c5ccccc5)cc1c42)B1c2ccccc2N(c2ccccc2)c2cc(N(c4ccc(-c5ccccc5)cc4)c4ccc(-c5ccccc5)cc4)cc(c21)S3. The van der Waals surface area contributed by atoms with E-state index >= 15 is 4.39 Å². The molecule has 4 heterocycles. The minimum absolute atomic E-state index is 0.166. The lowest BCUT2D eigenvalue weighted by atomic mass is 9.31. The average Bonchev–Trinajstić information content (AvgIpc) is 0.695. The number of fused-ring (bicyclic) bond motifs is 8. The number of nitrogens with zero attached hydrogens (tertiary/aromatic N) is 5. The van der Waals surface area contributed by atoms with Crippen molar-refractivity contribution < 1.29 is 4.39 Å². The quantitative estimate of drug-likeness (QED) is 0.119. The molecule has 14 aromatic carbocycles. The smallest absolute Gasteiger partial charge is 0.252 e. The highest BCUT2D eigenvalue weighted by atomic mass is 32.2. The van der Waals surface area contributed by atoms with E-state index in [2.05, 4.69) is 340 Å². The molecule has 0 bridgehead atoms. The fourth-order valence-electron chi connectivity index (χ4n) is 14.9. The van der Waals surface area contributed by atoms with Gasteiger partial charge in [0.1, 0.15) is 5.82 Å². The van der Waals surface area contributed by atoms with Gasteiger partial charge in [0.25, 0.3) is 6.71 Å². The molecule has 0 amide bonds. The number of benzene rings is 14. The summed E-state index contributed by atoms with van der Waals surface area (Å²) in [7, 11) is 0. The lowest BCUT2D eigenvalue weighted by Gasteiger charge is -2.46. The molecule has 0 atom stereocenters. The number of hydrogen-bond donors (Lipinski definition) is 0. The van der Waals surface area contributed by atoms with Crippen LogP contribution in [-0.2, 0) is 0 Å². The zero-order chi connectivity index (χ0) is 61.5. The molecule has 93 heavy (non-hydrogen) atoms. The van der Waals surface area contributed by atoms with Crippen molar-refractivity contribution in [2.24, 2.45) is 0 Å². The number of para-hydroxylation sites is 7. The second kappa shape index (κ2) is 22.5. The normalized spacial score (nSPS) is 12.8. The minimum Gasteiger partial charge on any atom is -0.311 e. The Morgan fingerprint density at radius 3 is 1.12 bits per heavy atom. The average molecular weight is 1210 g/mol. The lowest BCUT2D eigenvalue weighted by molar-refractivity contribution is 0.629. The van der Waals surface area contributed by atoms with E-state index in [1.807, 2.05) is 23.9 Å². The van der Waals surface area contributed by atoms with Gasteiger partial charge in [-0.05, 0) is 177 Å². The Hall–Kier alpha value is -11.5. The molecule has 14 aromatic rings. The molecule has 436 valence electrons. The third-order valence-electron chi connectivity index (χ3n) is 18.9. The summed E-state index contributed by atoms with van der Waals surface area (Å²) < 4.78 is 17.6. The first-order valence-corrected chi connectivity index (χ1v) is 32.6. The molecular weight excluding hydrogens is 1150 g/mol. The zero-order valence-corrected chi connectivity index (χ0v) is 51.3. The summed E-state index contributed by atoms with van der Waals surface area (Å²) in [5, 5.41) is 0. The fraction of sp³-hybridized carbons (Fsp3) is 0. The summed E-state index contributed by atoms with van der Waals surface area (Å²) in [5.74, 6) is -0.305. The highest BCUT2D eigenvalue weighted by Crippen LogP contribution is 2.52. The first-order valence-electron chi connectivity index (χ1n) is 31.7. The summed E-state index contributed by atoms with van der Waals surface area (Å²) in [4.78, 5) is 14.2. The van der Waals surface area contributed by atoms with Gasteiger partial charge in [-0.3, -0.25) is 0 Å². The van der Waals surface area contributed by atoms with E-state index in [4.69, 9.17) is 0 Å². The van der Waals surface area contributed by atoms with Crippen LogP contribution in [0.25, 0.3) is 22.3 Å². The molecule has 0 fully saturated rings. The van der Waals surface area contributed by atoms with Crippen molar-refractivity contribution in [1.29, 1.82) is 0 Å². The van der Waals surface area contributed by atoms with Crippen molar-refractivity contribution >= 4 is 143 Å². The van der Waals surface area contributed by atoms with Gasteiger partial charge in [-0.1, -0.05) is 230 Å². The van der Waals surface area contributed by atoms with Gasteiger partial charge >= 0.3 is 0 Å². The van der Waals surface area contributed by atoms with Crippen LogP contribution in [0.2, 0.25) is 0 Å². The molecule has 18 rings (SSSR count). The highest BCUT2D eigenvalue weighted by Gasteiger charge is 2.48. The Balaban J connectivity index is 0.892. The molecule has 0 radical (unpaired) electrons. The van der Waals surface area contributed by atoms with Crippen LogP contribution in [0.15, 0.2) is 350 Å². The number of hydrogen-bond acceptors (Lipinski definition) is 6. The van der Waals surface area contributed by atoms with E-state index < -0.39 is 0 Å². The topological polar surface area (TPSA) is 16.2 Å². The maximum atomic E-state index is 17.6. The van der Waals surface area contributed by atoms with Crippen LogP contribution in [0.5, 0.6) is 0 Å². The van der Waals surface area contributed by atoms with Gasteiger partial charge in [0.2, 0.25) is 6.71 Å². The Morgan fingerprint density at radius 2 is 0.624 bits per heavy atom. The zero-order valence-electron chi connectivity index (χ0n) is 50.5. The summed E-state index contributed by atoms with van der Waals surface area (Å²) >= 11 is 1.82. The van der Waals surface area contributed by atoms with Crippen molar-refractivity contribution in [3.8, 4) is 22.3 Å². The molecule has 9 heteroatoms. The van der Waals surface area contributed by atoms with Crippen molar-refractivity contribution in [2.45, 2.75) is 9.79 Å². The first-order chi connectivity index (χ1) is 46.1. The van der Waals surface area contributed by atoms with Gasteiger partial charge in [-0.15, -0.1) is 0 Å². The third kappa shape index (κ3) is 9.10. The molecule has 0 unspecified atom stereocenters. The highest BCUT2D eigenvalue weighted by molar-refractivity contribution is 8.00. The molecule has 0 aromatic heterocycles. The molecule has 4 aliphatic heterocycles. The Bertz CT molecular complexity index is 5040. The monoisotopic (exact) mass is 1210 g/mol. The van der Waals surface area contributed by atoms with Gasteiger partial charge in [0.15, 0.2) is 0 Å². The summed E-state index contributed by atoms with van der Waals surface area (Å²) in [6.45, 7) is -0.408. The van der Waals surface area contributed by atoms with Gasteiger partial charge in [-0.2, -0.15) is 0 Å². The number of anilines is 15. The van der Waals surface area contributed by atoms with E-state index in [0.717, 1.165) is 111 Å². The first kappa shape index (κ1) is 54.4. The van der Waals surface area contributed by atoms with Crippen molar-refractivity contribution in [1.82, 2.24) is 0 Å². The number of rotatable bonds is 11. The van der Waals surface area contributed by atoms with Gasteiger partial charge < -0.3 is 24.5 Å². The van der Waals surface area contributed by atoms with E-state index in [1.54, 1.807) is 12.1 Å². The van der Waals surface area contributed by atoms with Crippen LogP contribution in [0.3, 0.4) is 0 Å². The van der Waals surface area contributed by atoms with Crippen LogP contribution in [0.4, 0.5) is 89.7 Å². The van der Waals surface area contributed by atoms with Crippen LogP contribution in [-0.4, -0.2) is 13.4 Å². The molecule has 4 aliphatic rings. The van der Waals surface area contributed by atoms with E-state index in [9.17, 15) is 0 Å². The largest absolute Gasteiger partial charge is 0.311 e. The second-order valence-electron chi connectivity index (χ2n) is 24.1. The molecule has 0 N–H and O–H groups in total. The molecule has 0 saturated carbocycles. The standard InChI is InChI=1S/C84H56B2FN5S/c87-73-39-21-24-42-76(73)92-77-56-81-72(55-71(77)85-69-37-19-22-40-74(69)90(63-33-15-5-16-34-63)78-51-67(52-79(92)83(78)85)88(61-29-11-3-12-30-61)62-31-13-4-14-32-62)86-70-38-20-23-41-75(70)91(64-35-17-6-18-36-64)80-53-68(54-82(93-81)84(80)86)89(65-47-43-59(44-48-65)57-25-7-1-8-26-57)66-49-45-60(46-50-66)58-27-9-2-10-28-58/h1-56H. The number of halogens is 1. The second-order valence-corrected chi connectivity index (χ2v) is 25.2. The van der Waals surface area contributed by atoms with Crippen molar-refractivity contribution in [3.63, 3.8) is 0 Å². The van der Waals surface area contributed by atoms with Crippen LogP contribution in [0.1, 0.15) is 0 Å². The van der Waals surface area contributed by atoms with Gasteiger partial charge in [-0.25, -0.2) is 4.39 Å². The molecule has 0 aliphatic carbocycles. The summed E-state index contributed by atoms with van der Waals surface area (Å²) in [5.41, 5.74) is 26.7. The van der Waals surface area contributed by atoms with E-state index in [1.165, 1.54) is 33.0 Å². The van der Waals surface area contributed by atoms with Crippen molar-refractivity contribution in [2.75, 3.05) is 24.5 Å². The third-order valence-corrected chi connectivity index (χ3v) is 20.0. The minimum atomic E-state index is -0.305. The maximum Gasteiger partial charge on any atom is 0.252 e. The van der Waals surface area contributed by atoms with Crippen LogP contribution >= 0.6 is 11.8 Å².